The second-order valence-electron chi connectivity index (χ2n) is 6.39. The van der Waals surface area contributed by atoms with E-state index in [2.05, 4.69) is 16.0 Å². The van der Waals surface area contributed by atoms with E-state index in [9.17, 15) is 18.8 Å². The molecule has 1 aliphatic rings. The number of hydrogen-bond acceptors (Lipinski definition) is 3. The first-order chi connectivity index (χ1) is 13.5. The molecule has 0 aliphatic carbocycles. The number of carbonyl (C=O) groups excluding carboxylic acids is 3. The number of nitrogens with one attached hydrogen (secondary N) is 3. The fraction of sp³-hybridized carbons (Fsp3) is 0.250. The molecule has 0 bridgehead atoms. The number of anilines is 2. The van der Waals surface area contributed by atoms with Gasteiger partial charge in [-0.3, -0.25) is 14.5 Å². The highest BCUT2D eigenvalue weighted by molar-refractivity contribution is 6.09. The van der Waals surface area contributed by atoms with Crippen molar-refractivity contribution in [3.8, 4) is 0 Å². The second-order valence-corrected chi connectivity index (χ2v) is 6.39. The predicted octanol–water partition coefficient (Wildman–Crippen LogP) is 2.39. The van der Waals surface area contributed by atoms with E-state index >= 15 is 0 Å². The Hall–Kier alpha value is -3.42. The maximum atomic E-state index is 12.8. The molecule has 3 N–H and O–H groups in total. The fourth-order valence-corrected chi connectivity index (χ4v) is 2.85. The number of nitrogens with zero attached hydrogens (tertiary/aromatic N) is 1. The Labute approximate surface area is 161 Å². The number of hydrogen-bond donors (Lipinski definition) is 3. The minimum Gasteiger partial charge on any atom is -0.352 e. The van der Waals surface area contributed by atoms with Gasteiger partial charge in [0.15, 0.2) is 0 Å². The first kappa shape index (κ1) is 19.3. The van der Waals surface area contributed by atoms with Gasteiger partial charge in [0.05, 0.1) is 11.4 Å². The third kappa shape index (κ3) is 5.06. The zero-order valence-corrected chi connectivity index (χ0v) is 15.2. The Morgan fingerprint density at radius 2 is 1.82 bits per heavy atom. The van der Waals surface area contributed by atoms with Crippen molar-refractivity contribution in [3.05, 3.63) is 59.9 Å². The molecule has 0 fully saturated rings. The van der Waals surface area contributed by atoms with Crippen molar-refractivity contribution in [3.63, 3.8) is 0 Å². The van der Waals surface area contributed by atoms with Crippen LogP contribution in [0.1, 0.15) is 18.4 Å². The highest BCUT2D eigenvalue weighted by Crippen LogP contribution is 2.28. The molecule has 28 heavy (non-hydrogen) atoms. The van der Waals surface area contributed by atoms with Crippen molar-refractivity contribution in [1.29, 1.82) is 0 Å². The van der Waals surface area contributed by atoms with Crippen molar-refractivity contribution < 1.29 is 18.8 Å². The number of para-hydroxylation sites is 2. The second kappa shape index (κ2) is 8.98. The summed E-state index contributed by atoms with van der Waals surface area (Å²) >= 11 is 0. The smallest absolute Gasteiger partial charge is 0.322 e. The SMILES string of the molecule is O=C(CCCNC(=O)N1CC(=O)Nc2ccccc21)NCc1ccc(F)cc1. The molecule has 4 amide bonds. The largest absolute Gasteiger partial charge is 0.352 e. The van der Waals surface area contributed by atoms with Crippen LogP contribution in [0.2, 0.25) is 0 Å². The minimum absolute atomic E-state index is 0.0546. The monoisotopic (exact) mass is 384 g/mol. The molecule has 0 atom stereocenters. The molecule has 2 aromatic carbocycles. The normalized spacial score (nSPS) is 12.8. The Morgan fingerprint density at radius 1 is 1.07 bits per heavy atom. The molecule has 0 radical (unpaired) electrons. The summed E-state index contributed by atoms with van der Waals surface area (Å²) in [5.74, 6) is -0.727. The van der Waals surface area contributed by atoms with Crippen molar-refractivity contribution in [2.75, 3.05) is 23.3 Å². The standard InChI is InChI=1S/C20H21FN4O3/c21-15-9-7-14(8-10-15)12-23-18(26)6-3-11-22-20(28)25-13-19(27)24-16-4-1-2-5-17(16)25/h1-2,4-5,7-10H,3,6,11-13H2,(H,22,28)(H,23,26)(H,24,27). The van der Waals surface area contributed by atoms with Crippen LogP contribution in [0, 0.1) is 5.82 Å². The van der Waals surface area contributed by atoms with Crippen LogP contribution in [0.3, 0.4) is 0 Å². The average molecular weight is 384 g/mol. The van der Waals surface area contributed by atoms with E-state index in [1.807, 2.05) is 0 Å². The van der Waals surface area contributed by atoms with Gasteiger partial charge in [0.1, 0.15) is 12.4 Å². The number of urea groups is 1. The van der Waals surface area contributed by atoms with Crippen LogP contribution in [0.5, 0.6) is 0 Å². The van der Waals surface area contributed by atoms with Gasteiger partial charge in [-0.25, -0.2) is 9.18 Å². The van der Waals surface area contributed by atoms with Gasteiger partial charge in [0, 0.05) is 19.5 Å². The van der Waals surface area contributed by atoms with Crippen molar-refractivity contribution in [2.24, 2.45) is 0 Å². The maximum absolute atomic E-state index is 12.8. The van der Waals surface area contributed by atoms with E-state index in [1.165, 1.54) is 17.0 Å². The first-order valence-electron chi connectivity index (χ1n) is 8.98. The van der Waals surface area contributed by atoms with Crippen LogP contribution in [-0.2, 0) is 16.1 Å². The van der Waals surface area contributed by atoms with Crippen molar-refractivity contribution in [2.45, 2.75) is 19.4 Å². The van der Waals surface area contributed by atoms with Gasteiger partial charge in [-0.1, -0.05) is 24.3 Å². The summed E-state index contributed by atoms with van der Waals surface area (Å²) in [7, 11) is 0. The Kier molecular flexibility index (Phi) is 6.21. The van der Waals surface area contributed by atoms with Crippen LogP contribution in [0.4, 0.5) is 20.6 Å². The van der Waals surface area contributed by atoms with Gasteiger partial charge in [-0.2, -0.15) is 0 Å². The summed E-state index contributed by atoms with van der Waals surface area (Å²) in [5, 5.41) is 8.21. The summed E-state index contributed by atoms with van der Waals surface area (Å²) in [6.45, 7) is 0.579. The Balaban J connectivity index is 1.40. The van der Waals surface area contributed by atoms with Crippen LogP contribution >= 0.6 is 0 Å². The van der Waals surface area contributed by atoms with Crippen molar-refractivity contribution >= 4 is 29.2 Å². The molecule has 2 aromatic rings. The summed E-state index contributed by atoms with van der Waals surface area (Å²) < 4.78 is 12.8. The van der Waals surface area contributed by atoms with Gasteiger partial charge < -0.3 is 16.0 Å². The molecule has 0 unspecified atom stereocenters. The van der Waals surface area contributed by atoms with E-state index in [0.717, 1.165) is 5.56 Å². The van der Waals surface area contributed by atoms with Gasteiger partial charge >= 0.3 is 6.03 Å². The predicted molar refractivity (Wildman–Crippen MR) is 103 cm³/mol. The Bertz CT molecular complexity index is 870. The average Bonchev–Trinajstić information content (AvgIpc) is 2.70. The van der Waals surface area contributed by atoms with E-state index in [0.29, 0.717) is 30.9 Å². The molecule has 1 aliphatic heterocycles. The molecular weight excluding hydrogens is 363 g/mol. The first-order valence-corrected chi connectivity index (χ1v) is 8.98. The number of fused-ring (bicyclic) bond motifs is 1. The topological polar surface area (TPSA) is 90.5 Å². The third-order valence-electron chi connectivity index (χ3n) is 4.28. The quantitative estimate of drug-likeness (QED) is 0.668. The van der Waals surface area contributed by atoms with Gasteiger partial charge in [0.25, 0.3) is 0 Å². The molecule has 3 rings (SSSR count). The van der Waals surface area contributed by atoms with Crippen LogP contribution < -0.4 is 20.9 Å². The summed E-state index contributed by atoms with van der Waals surface area (Å²) in [4.78, 5) is 37.4. The Morgan fingerprint density at radius 3 is 2.61 bits per heavy atom. The number of carbonyl (C=O) groups is 3. The highest BCUT2D eigenvalue weighted by Gasteiger charge is 2.26. The van der Waals surface area contributed by atoms with E-state index < -0.39 is 0 Å². The minimum atomic E-state index is -0.381. The van der Waals surface area contributed by atoms with Crippen LogP contribution in [0.25, 0.3) is 0 Å². The van der Waals surface area contributed by atoms with Gasteiger partial charge in [0.2, 0.25) is 11.8 Å². The molecule has 8 heteroatoms. The zero-order chi connectivity index (χ0) is 19.9. The van der Waals surface area contributed by atoms with Crippen LogP contribution in [-0.4, -0.2) is 30.9 Å². The molecule has 146 valence electrons. The van der Waals surface area contributed by atoms with Crippen molar-refractivity contribution in [1.82, 2.24) is 10.6 Å². The van der Waals surface area contributed by atoms with E-state index in [-0.39, 0.29) is 36.6 Å². The lowest BCUT2D eigenvalue weighted by Gasteiger charge is -2.29. The molecule has 0 saturated carbocycles. The summed E-state index contributed by atoms with van der Waals surface area (Å²) in [6, 6.07) is 12.6. The fourth-order valence-electron chi connectivity index (χ4n) is 2.85. The van der Waals surface area contributed by atoms with Crippen LogP contribution in [0.15, 0.2) is 48.5 Å². The molecule has 7 nitrogen and oxygen atoms in total. The number of rotatable bonds is 6. The van der Waals surface area contributed by atoms with E-state index in [1.54, 1.807) is 36.4 Å². The summed E-state index contributed by atoms with van der Waals surface area (Å²) in [6.07, 6.45) is 0.710. The zero-order valence-electron chi connectivity index (χ0n) is 15.2. The highest BCUT2D eigenvalue weighted by atomic mass is 19.1. The lowest BCUT2D eigenvalue weighted by Crippen LogP contribution is -2.47. The molecule has 0 spiro atoms. The maximum Gasteiger partial charge on any atom is 0.322 e. The van der Waals surface area contributed by atoms with Gasteiger partial charge in [-0.05, 0) is 36.2 Å². The van der Waals surface area contributed by atoms with E-state index in [4.69, 9.17) is 0 Å². The lowest BCUT2D eigenvalue weighted by molar-refractivity contribution is -0.121. The number of amides is 4. The number of benzene rings is 2. The molecular formula is C20H21FN4O3. The summed E-state index contributed by atoms with van der Waals surface area (Å²) in [5.41, 5.74) is 2.04. The third-order valence-corrected chi connectivity index (χ3v) is 4.28. The lowest BCUT2D eigenvalue weighted by atomic mass is 10.2. The molecule has 1 heterocycles. The van der Waals surface area contributed by atoms with Gasteiger partial charge in [-0.15, -0.1) is 0 Å². The molecule has 0 aromatic heterocycles. The molecule has 0 saturated heterocycles. The number of halogens is 1.